The lowest BCUT2D eigenvalue weighted by molar-refractivity contribution is -0.111. The van der Waals surface area contributed by atoms with Gasteiger partial charge in [0.2, 0.25) is 10.9 Å². The number of aromatic nitrogens is 4. The summed E-state index contributed by atoms with van der Waals surface area (Å²) in [5.74, 6) is 0.553. The number of aryl methyl sites for hydroxylation is 1. The third-order valence-electron chi connectivity index (χ3n) is 4.13. The predicted molar refractivity (Wildman–Crippen MR) is 118 cm³/mol. The lowest BCUT2D eigenvalue weighted by Gasteiger charge is -2.04. The van der Waals surface area contributed by atoms with Gasteiger partial charge in [-0.2, -0.15) is 9.61 Å². The van der Waals surface area contributed by atoms with Crippen molar-refractivity contribution in [3.8, 4) is 10.6 Å². The van der Waals surface area contributed by atoms with Crippen LogP contribution >= 0.6 is 34.5 Å². The molecule has 1 amide bonds. The Morgan fingerprint density at radius 3 is 2.86 bits per heavy atom. The van der Waals surface area contributed by atoms with Crippen LogP contribution in [-0.4, -0.2) is 25.7 Å². The summed E-state index contributed by atoms with van der Waals surface area (Å²) < 4.78 is 1.75. The Labute approximate surface area is 180 Å². The number of rotatable bonds is 5. The van der Waals surface area contributed by atoms with Gasteiger partial charge in [-0.1, -0.05) is 59.7 Å². The average Bonchev–Trinajstić information content (AvgIpc) is 3.28. The number of hydrogen-bond donors (Lipinski definition) is 1. The summed E-state index contributed by atoms with van der Waals surface area (Å²) in [5, 5.41) is 17.5. The number of carbonyl (C=O) groups excluding carboxylic acids is 1. The molecule has 0 aliphatic heterocycles. The van der Waals surface area contributed by atoms with E-state index in [1.54, 1.807) is 28.8 Å². The zero-order valence-electron chi connectivity index (χ0n) is 15.3. The molecule has 4 rings (SSSR count). The lowest BCUT2D eigenvalue weighted by Crippen LogP contribution is -2.07. The highest BCUT2D eigenvalue weighted by Crippen LogP contribution is 2.27. The number of carbonyl (C=O) groups is 1. The summed E-state index contributed by atoms with van der Waals surface area (Å²) in [5.41, 5.74) is 2.28. The van der Waals surface area contributed by atoms with Crippen LogP contribution in [0.25, 0.3) is 21.6 Å². The Morgan fingerprint density at radius 1 is 1.21 bits per heavy atom. The number of amides is 1. The molecule has 0 aliphatic carbocycles. The van der Waals surface area contributed by atoms with E-state index in [1.807, 2.05) is 31.2 Å². The molecule has 1 N–H and O–H groups in total. The Bertz CT molecular complexity index is 1230. The van der Waals surface area contributed by atoms with Crippen LogP contribution in [-0.2, 0) is 11.2 Å². The van der Waals surface area contributed by atoms with Crippen LogP contribution in [0, 0.1) is 0 Å². The first-order valence-electron chi connectivity index (χ1n) is 8.79. The van der Waals surface area contributed by atoms with Gasteiger partial charge in [-0.3, -0.25) is 4.79 Å². The number of halogens is 2. The fraction of sp³-hybridized carbons (Fsp3) is 0.100. The molecule has 146 valence electrons. The van der Waals surface area contributed by atoms with Crippen molar-refractivity contribution in [2.24, 2.45) is 0 Å². The minimum Gasteiger partial charge on any atom is -0.322 e. The molecule has 2 aromatic heterocycles. The molecule has 0 fully saturated rings. The van der Waals surface area contributed by atoms with E-state index in [9.17, 15) is 4.79 Å². The van der Waals surface area contributed by atoms with E-state index < -0.39 is 0 Å². The first-order chi connectivity index (χ1) is 14.0. The maximum Gasteiger partial charge on any atom is 0.248 e. The fourth-order valence-corrected chi connectivity index (χ4v) is 4.04. The number of hydrogen-bond acceptors (Lipinski definition) is 5. The average molecular weight is 444 g/mol. The molecular formula is C20H15Cl2N5OS. The highest BCUT2D eigenvalue weighted by Gasteiger charge is 2.12. The topological polar surface area (TPSA) is 72.2 Å². The molecule has 4 aromatic rings. The molecule has 9 heteroatoms. The van der Waals surface area contributed by atoms with Crippen molar-refractivity contribution < 1.29 is 4.79 Å². The number of anilines is 1. The Kier molecular flexibility index (Phi) is 5.62. The predicted octanol–water partition coefficient (Wildman–Crippen LogP) is 5.37. The molecule has 0 spiro atoms. The fourth-order valence-electron chi connectivity index (χ4n) is 2.71. The van der Waals surface area contributed by atoms with Gasteiger partial charge < -0.3 is 5.32 Å². The molecule has 0 unspecified atom stereocenters. The number of nitrogens with one attached hydrogen (secondary N) is 1. The SMILES string of the molecule is CCc1nnc2sc(-c3cccc(NC(=O)/C=C/c4ccc(Cl)cc4Cl)c3)nn12. The molecule has 0 radical (unpaired) electrons. The van der Waals surface area contributed by atoms with Crippen LogP contribution < -0.4 is 5.32 Å². The molecule has 0 saturated heterocycles. The van der Waals surface area contributed by atoms with Crippen molar-refractivity contribution >= 4 is 57.2 Å². The summed E-state index contributed by atoms with van der Waals surface area (Å²) in [6, 6.07) is 12.6. The maximum atomic E-state index is 12.3. The molecule has 0 saturated carbocycles. The van der Waals surface area contributed by atoms with Crippen LogP contribution in [0.1, 0.15) is 18.3 Å². The molecule has 2 heterocycles. The van der Waals surface area contributed by atoms with Crippen LogP contribution in [0.15, 0.2) is 48.5 Å². The molecular weight excluding hydrogens is 429 g/mol. The Morgan fingerprint density at radius 2 is 2.07 bits per heavy atom. The van der Waals surface area contributed by atoms with Crippen LogP contribution in [0.2, 0.25) is 10.0 Å². The highest BCUT2D eigenvalue weighted by molar-refractivity contribution is 7.19. The van der Waals surface area contributed by atoms with Gasteiger partial charge in [0, 0.05) is 33.8 Å². The van der Waals surface area contributed by atoms with Crippen molar-refractivity contribution in [2.45, 2.75) is 13.3 Å². The molecule has 0 aliphatic rings. The lowest BCUT2D eigenvalue weighted by atomic mass is 10.2. The van der Waals surface area contributed by atoms with E-state index in [2.05, 4.69) is 20.6 Å². The monoisotopic (exact) mass is 443 g/mol. The van der Waals surface area contributed by atoms with Crippen LogP contribution in [0.4, 0.5) is 5.69 Å². The zero-order valence-corrected chi connectivity index (χ0v) is 17.6. The number of benzene rings is 2. The van der Waals surface area contributed by atoms with Gasteiger partial charge in [0.05, 0.1) is 0 Å². The molecule has 0 atom stereocenters. The molecule has 2 aromatic carbocycles. The second-order valence-electron chi connectivity index (χ2n) is 6.14. The first-order valence-corrected chi connectivity index (χ1v) is 10.4. The van der Waals surface area contributed by atoms with Crippen LogP contribution in [0.3, 0.4) is 0 Å². The largest absolute Gasteiger partial charge is 0.322 e. The van der Waals surface area contributed by atoms with Crippen LogP contribution in [0.5, 0.6) is 0 Å². The minimum atomic E-state index is -0.264. The minimum absolute atomic E-state index is 0.264. The van der Waals surface area contributed by atoms with E-state index in [0.29, 0.717) is 21.3 Å². The summed E-state index contributed by atoms with van der Waals surface area (Å²) in [6.45, 7) is 2.01. The van der Waals surface area contributed by atoms with Crippen molar-refractivity contribution in [1.29, 1.82) is 0 Å². The number of nitrogens with zero attached hydrogens (tertiary/aromatic N) is 4. The highest BCUT2D eigenvalue weighted by atomic mass is 35.5. The van der Waals surface area contributed by atoms with Crippen molar-refractivity contribution in [3.63, 3.8) is 0 Å². The van der Waals surface area contributed by atoms with E-state index in [1.165, 1.54) is 17.4 Å². The summed E-state index contributed by atoms with van der Waals surface area (Å²) in [6.07, 6.45) is 3.83. The molecule has 0 bridgehead atoms. The van der Waals surface area contributed by atoms with Crippen molar-refractivity contribution in [3.05, 3.63) is 70.0 Å². The van der Waals surface area contributed by atoms with Gasteiger partial charge in [-0.15, -0.1) is 10.2 Å². The second-order valence-corrected chi connectivity index (χ2v) is 7.94. The standard InChI is InChI=1S/C20H15Cl2N5OS/c1-2-17-24-25-20-27(17)26-19(29-20)13-4-3-5-15(10-13)23-18(28)9-7-12-6-8-14(21)11-16(12)22/h3-11H,2H2,1H3,(H,23,28)/b9-7+. The number of fused-ring (bicyclic) bond motifs is 1. The van der Waals surface area contributed by atoms with Gasteiger partial charge >= 0.3 is 0 Å². The third-order valence-corrected chi connectivity index (χ3v) is 5.64. The molecule has 29 heavy (non-hydrogen) atoms. The third kappa shape index (κ3) is 4.32. The van der Waals surface area contributed by atoms with Gasteiger partial charge in [-0.25, -0.2) is 0 Å². The Hall–Kier alpha value is -2.74. The summed E-state index contributed by atoms with van der Waals surface area (Å²) in [7, 11) is 0. The maximum absolute atomic E-state index is 12.3. The quantitative estimate of drug-likeness (QED) is 0.420. The smallest absolute Gasteiger partial charge is 0.248 e. The van der Waals surface area contributed by atoms with E-state index in [0.717, 1.165) is 27.8 Å². The normalized spacial score (nSPS) is 11.4. The first kappa shape index (κ1) is 19.6. The van der Waals surface area contributed by atoms with Crippen molar-refractivity contribution in [2.75, 3.05) is 5.32 Å². The molecule has 6 nitrogen and oxygen atoms in total. The summed E-state index contributed by atoms with van der Waals surface area (Å²) >= 11 is 13.5. The van der Waals surface area contributed by atoms with Gasteiger partial charge in [0.25, 0.3) is 0 Å². The van der Waals surface area contributed by atoms with Crippen molar-refractivity contribution in [1.82, 2.24) is 19.8 Å². The second kappa shape index (κ2) is 8.32. The summed E-state index contributed by atoms with van der Waals surface area (Å²) in [4.78, 5) is 13.0. The van der Waals surface area contributed by atoms with Gasteiger partial charge in [0.15, 0.2) is 5.82 Å². The van der Waals surface area contributed by atoms with E-state index in [-0.39, 0.29) is 5.91 Å². The van der Waals surface area contributed by atoms with E-state index in [4.69, 9.17) is 23.2 Å². The zero-order chi connectivity index (χ0) is 20.4. The van der Waals surface area contributed by atoms with Gasteiger partial charge in [0.1, 0.15) is 5.01 Å². The van der Waals surface area contributed by atoms with E-state index >= 15 is 0 Å². The Balaban J connectivity index is 1.51. The van der Waals surface area contributed by atoms with Gasteiger partial charge in [-0.05, 0) is 35.9 Å².